The van der Waals surface area contributed by atoms with Crippen molar-refractivity contribution in [1.29, 1.82) is 0 Å². The van der Waals surface area contributed by atoms with Crippen LogP contribution in [0.15, 0.2) is 35.2 Å². The summed E-state index contributed by atoms with van der Waals surface area (Å²) in [4.78, 5) is 14.4. The molecule has 3 N–H and O–H groups in total. The molecule has 0 unspecified atom stereocenters. The summed E-state index contributed by atoms with van der Waals surface area (Å²) in [5.74, 6) is -1.32. The van der Waals surface area contributed by atoms with Crippen LogP contribution in [0.25, 0.3) is 0 Å². The average molecular weight is 549 g/mol. The minimum Gasteiger partial charge on any atom is -0.478 e. The van der Waals surface area contributed by atoms with Gasteiger partial charge in [0.05, 0.1) is 31.9 Å². The van der Waals surface area contributed by atoms with Crippen molar-refractivity contribution in [3.05, 3.63) is 56.5 Å². The molecule has 0 atom stereocenters. The zero-order valence-corrected chi connectivity index (χ0v) is 20.1. The summed E-state index contributed by atoms with van der Waals surface area (Å²) in [6.45, 7) is 2.35. The van der Waals surface area contributed by atoms with E-state index in [-0.39, 0.29) is 39.4 Å². The molecule has 0 bridgehead atoms. The second-order valence-corrected chi connectivity index (χ2v) is 9.63. The van der Waals surface area contributed by atoms with Gasteiger partial charge in [-0.25, -0.2) is 18.6 Å². The van der Waals surface area contributed by atoms with E-state index in [1.807, 2.05) is 6.92 Å². The lowest BCUT2D eigenvalue weighted by Gasteiger charge is -2.27. The first-order valence-corrected chi connectivity index (χ1v) is 12.0. The molecular weight excluding hydrogens is 530 g/mol. The highest BCUT2D eigenvalue weighted by atomic mass is 35.5. The SMILES string of the molecule is CCCN(CCNNS(=O)(=O)c1cc(C(=O)O)ccc1Cl)c1c(Cl)cc(C(F)(F)F)cc1Cl. The second-order valence-electron chi connectivity index (χ2n) is 6.76. The number of hydrazine groups is 1. The third kappa shape index (κ3) is 7.11. The lowest BCUT2D eigenvalue weighted by atomic mass is 10.1. The average Bonchev–Trinajstić information content (AvgIpc) is 2.69. The summed E-state index contributed by atoms with van der Waals surface area (Å²) in [6, 6.07) is 4.78. The predicted octanol–water partition coefficient (Wildman–Crippen LogP) is 5.06. The molecule has 14 heteroatoms. The van der Waals surface area contributed by atoms with E-state index in [9.17, 15) is 26.4 Å². The fourth-order valence-corrected chi connectivity index (χ4v) is 5.03. The van der Waals surface area contributed by atoms with Crippen LogP contribution in [-0.2, 0) is 16.2 Å². The van der Waals surface area contributed by atoms with E-state index in [0.717, 1.165) is 30.3 Å². The number of sulfonamides is 1. The van der Waals surface area contributed by atoms with Crippen LogP contribution in [0.5, 0.6) is 0 Å². The quantitative estimate of drug-likeness (QED) is 0.283. The maximum absolute atomic E-state index is 13.0. The maximum atomic E-state index is 13.0. The molecule has 0 fully saturated rings. The normalized spacial score (nSPS) is 12.1. The van der Waals surface area contributed by atoms with Crippen LogP contribution in [-0.4, -0.2) is 39.1 Å². The van der Waals surface area contributed by atoms with Gasteiger partial charge < -0.3 is 10.0 Å². The maximum Gasteiger partial charge on any atom is 0.416 e. The Morgan fingerprint density at radius 1 is 1.06 bits per heavy atom. The zero-order chi connectivity index (χ0) is 25.0. The summed E-state index contributed by atoms with van der Waals surface area (Å²) in [6.07, 6.45) is -4.00. The lowest BCUT2D eigenvalue weighted by molar-refractivity contribution is -0.137. The first kappa shape index (κ1) is 27.5. The minimum atomic E-state index is -4.61. The number of carboxylic acid groups (broad SMARTS) is 1. The summed E-state index contributed by atoms with van der Waals surface area (Å²) < 4.78 is 63.9. The number of rotatable bonds is 10. The van der Waals surface area contributed by atoms with Gasteiger partial charge in [-0.05, 0) is 36.8 Å². The fraction of sp³-hybridized carbons (Fsp3) is 0.316. The van der Waals surface area contributed by atoms with Crippen molar-refractivity contribution in [3.63, 3.8) is 0 Å². The Labute approximate surface area is 203 Å². The number of alkyl halides is 3. The van der Waals surface area contributed by atoms with E-state index in [1.165, 1.54) is 0 Å². The smallest absolute Gasteiger partial charge is 0.416 e. The Morgan fingerprint density at radius 2 is 1.67 bits per heavy atom. The molecule has 0 radical (unpaired) electrons. The minimum absolute atomic E-state index is 0.00313. The Morgan fingerprint density at radius 3 is 2.18 bits per heavy atom. The topological polar surface area (TPSA) is 98.7 Å². The second kappa shape index (κ2) is 11.1. The molecule has 7 nitrogen and oxygen atoms in total. The highest BCUT2D eigenvalue weighted by molar-refractivity contribution is 7.89. The molecular formula is C19H19Cl3F3N3O4S. The van der Waals surface area contributed by atoms with Crippen molar-refractivity contribution in [1.82, 2.24) is 10.3 Å². The number of carbonyl (C=O) groups is 1. The molecule has 0 heterocycles. The summed E-state index contributed by atoms with van der Waals surface area (Å²) >= 11 is 18.0. The number of halogens is 6. The molecule has 0 aliphatic heterocycles. The van der Waals surface area contributed by atoms with Crippen molar-refractivity contribution in [2.75, 3.05) is 24.5 Å². The molecule has 0 aromatic heterocycles. The number of aromatic carboxylic acids is 1. The van der Waals surface area contributed by atoms with E-state index >= 15 is 0 Å². The van der Waals surface area contributed by atoms with Gasteiger partial charge in [-0.3, -0.25) is 0 Å². The molecule has 0 aliphatic rings. The molecule has 0 saturated carbocycles. The molecule has 2 rings (SSSR count). The molecule has 0 aliphatic carbocycles. The number of nitrogens with one attached hydrogen (secondary N) is 2. The van der Waals surface area contributed by atoms with E-state index in [4.69, 9.17) is 39.9 Å². The first-order chi connectivity index (χ1) is 15.3. The standard InChI is InChI=1S/C19H19Cl3F3N3O4S/c1-2-6-28(17-14(21)9-12(10-15(17)22)19(23,24)25)7-5-26-27-33(31,32)16-8-11(18(29)30)3-4-13(16)20/h3-4,8-10,26-27H,2,5-7H2,1H3,(H,29,30). The number of hydrogen-bond acceptors (Lipinski definition) is 5. The lowest BCUT2D eigenvalue weighted by Crippen LogP contribution is -2.42. The molecule has 0 amide bonds. The Kier molecular flexibility index (Phi) is 9.25. The van der Waals surface area contributed by atoms with Gasteiger partial charge in [-0.15, -0.1) is 4.83 Å². The van der Waals surface area contributed by atoms with Gasteiger partial charge in [0.15, 0.2) is 0 Å². The van der Waals surface area contributed by atoms with Crippen molar-refractivity contribution in [3.8, 4) is 0 Å². The van der Waals surface area contributed by atoms with Gasteiger partial charge >= 0.3 is 12.1 Å². The fourth-order valence-electron chi connectivity index (χ4n) is 2.87. The van der Waals surface area contributed by atoms with E-state index in [0.29, 0.717) is 13.0 Å². The first-order valence-electron chi connectivity index (χ1n) is 9.36. The van der Waals surface area contributed by atoms with Crippen LogP contribution < -0.4 is 15.2 Å². The van der Waals surface area contributed by atoms with Crippen molar-refractivity contribution in [2.24, 2.45) is 0 Å². The number of hydrogen-bond donors (Lipinski definition) is 3. The number of carboxylic acids is 1. The Hall–Kier alpha value is -1.76. The van der Waals surface area contributed by atoms with Crippen molar-refractivity contribution in [2.45, 2.75) is 24.4 Å². The third-order valence-corrected chi connectivity index (χ3v) is 6.68. The highest BCUT2D eigenvalue weighted by Crippen LogP contribution is 2.40. The molecule has 2 aromatic carbocycles. The van der Waals surface area contributed by atoms with Crippen LogP contribution in [0.2, 0.25) is 15.1 Å². The van der Waals surface area contributed by atoms with Crippen LogP contribution >= 0.6 is 34.8 Å². The van der Waals surface area contributed by atoms with Crippen LogP contribution in [0.4, 0.5) is 18.9 Å². The number of nitrogens with zero attached hydrogens (tertiary/aromatic N) is 1. The largest absolute Gasteiger partial charge is 0.478 e. The van der Waals surface area contributed by atoms with E-state index in [2.05, 4.69) is 10.3 Å². The summed E-state index contributed by atoms with van der Waals surface area (Å²) in [5, 5.41) is 8.48. The summed E-state index contributed by atoms with van der Waals surface area (Å²) in [7, 11) is -4.21. The molecule has 2 aromatic rings. The molecule has 0 spiro atoms. The van der Waals surface area contributed by atoms with Crippen molar-refractivity contribution >= 4 is 56.5 Å². The van der Waals surface area contributed by atoms with Crippen LogP contribution in [0.3, 0.4) is 0 Å². The highest BCUT2D eigenvalue weighted by Gasteiger charge is 2.32. The van der Waals surface area contributed by atoms with Gasteiger partial charge in [-0.1, -0.05) is 41.7 Å². The monoisotopic (exact) mass is 547 g/mol. The van der Waals surface area contributed by atoms with Gasteiger partial charge in [-0.2, -0.15) is 13.2 Å². The van der Waals surface area contributed by atoms with Gasteiger partial charge in [0.2, 0.25) is 0 Å². The summed E-state index contributed by atoms with van der Waals surface area (Å²) in [5.41, 5.74) is 1.43. The van der Waals surface area contributed by atoms with Gasteiger partial charge in [0.1, 0.15) is 4.90 Å². The molecule has 33 heavy (non-hydrogen) atoms. The third-order valence-electron chi connectivity index (χ3n) is 4.33. The van der Waals surface area contributed by atoms with E-state index in [1.54, 1.807) is 4.90 Å². The van der Waals surface area contributed by atoms with Gasteiger partial charge in [0, 0.05) is 19.6 Å². The predicted molar refractivity (Wildman–Crippen MR) is 121 cm³/mol. The van der Waals surface area contributed by atoms with Crippen molar-refractivity contribution < 1.29 is 31.5 Å². The number of benzene rings is 2. The zero-order valence-electron chi connectivity index (χ0n) is 17.0. The number of anilines is 1. The Bertz CT molecular complexity index is 1110. The van der Waals surface area contributed by atoms with E-state index < -0.39 is 32.6 Å². The Balaban J connectivity index is 2.13. The van der Waals surface area contributed by atoms with Gasteiger partial charge in [0.25, 0.3) is 10.0 Å². The molecule has 182 valence electrons. The van der Waals surface area contributed by atoms with Crippen LogP contribution in [0.1, 0.15) is 29.3 Å². The molecule has 0 saturated heterocycles. The van der Waals surface area contributed by atoms with Crippen LogP contribution in [0, 0.1) is 0 Å².